The average Bonchev–Trinajstić information content (AvgIpc) is 2.67. The van der Waals surface area contributed by atoms with Crippen molar-refractivity contribution < 1.29 is 13.5 Å². The van der Waals surface area contributed by atoms with Crippen LogP contribution in [0.25, 0.3) is 0 Å². The molecule has 4 nitrogen and oxygen atoms in total. The quantitative estimate of drug-likeness (QED) is 0.606. The maximum absolute atomic E-state index is 12.2. The monoisotopic (exact) mass is 393 g/mol. The van der Waals surface area contributed by atoms with Crippen molar-refractivity contribution in [3.05, 3.63) is 60.2 Å². The van der Waals surface area contributed by atoms with Gasteiger partial charge in [0.1, 0.15) is 5.75 Å². The lowest BCUT2D eigenvalue weighted by molar-refractivity contribution is -0.0498. The highest BCUT2D eigenvalue weighted by Crippen LogP contribution is 2.20. The van der Waals surface area contributed by atoms with Gasteiger partial charge in [-0.3, -0.25) is 4.90 Å². The second-order valence-corrected chi connectivity index (χ2v) is 6.29. The summed E-state index contributed by atoms with van der Waals surface area (Å²) in [5.41, 5.74) is 1.93. The molecule has 0 aromatic heterocycles. The summed E-state index contributed by atoms with van der Waals surface area (Å²) in [6.07, 6.45) is 0. The van der Waals surface area contributed by atoms with Crippen molar-refractivity contribution in [2.45, 2.75) is 26.5 Å². The van der Waals surface area contributed by atoms with Crippen LogP contribution in [0.1, 0.15) is 25.5 Å². The molecule has 1 atom stereocenters. The molecule has 0 saturated heterocycles. The summed E-state index contributed by atoms with van der Waals surface area (Å²) in [4.78, 5) is 2.36. The minimum absolute atomic E-state index is 0.111. The first-order valence-corrected chi connectivity index (χ1v) is 9.33. The van der Waals surface area contributed by atoms with Crippen molar-refractivity contribution in [2.24, 2.45) is 0 Å². The largest absolute Gasteiger partial charge is 0.435 e. The number of nitrogens with zero attached hydrogens (tertiary/aromatic N) is 1. The number of halogens is 2. The van der Waals surface area contributed by atoms with Crippen LogP contribution in [0.2, 0.25) is 0 Å². The number of likely N-dealkylation sites (N-methyl/N-ethyl adjacent to an activating group) is 1. The molecule has 2 N–H and O–H groups in total. The number of hydrogen-bond donors (Lipinski definition) is 2. The Morgan fingerprint density at radius 3 is 2.22 bits per heavy atom. The Hall–Kier alpha value is -2.25. The smallest absolute Gasteiger partial charge is 0.387 e. The third kappa shape index (κ3) is 6.77. The molecule has 0 amide bonds. The van der Waals surface area contributed by atoms with E-state index < -0.39 is 6.61 Å². The van der Waals surface area contributed by atoms with E-state index in [9.17, 15) is 8.78 Å². The first-order valence-electron chi connectivity index (χ1n) is 8.92. The third-order valence-electron chi connectivity index (χ3n) is 4.23. The van der Waals surface area contributed by atoms with Crippen molar-refractivity contribution in [2.75, 3.05) is 25.0 Å². The van der Waals surface area contributed by atoms with Crippen LogP contribution in [0.5, 0.6) is 5.75 Å². The van der Waals surface area contributed by atoms with E-state index in [0.717, 1.165) is 13.1 Å². The summed E-state index contributed by atoms with van der Waals surface area (Å²) in [5, 5.41) is 6.79. The van der Waals surface area contributed by atoms with Gasteiger partial charge in [0.15, 0.2) is 5.11 Å². The second-order valence-electron chi connectivity index (χ2n) is 5.89. The number of thiocarbonyl (C=S) groups is 1. The molecular weight excluding hydrogens is 368 g/mol. The van der Waals surface area contributed by atoms with Gasteiger partial charge in [-0.05, 0) is 55.1 Å². The van der Waals surface area contributed by atoms with Gasteiger partial charge in [0, 0.05) is 12.2 Å². The van der Waals surface area contributed by atoms with Crippen LogP contribution in [0, 0.1) is 0 Å². The molecule has 0 heterocycles. The minimum Gasteiger partial charge on any atom is -0.435 e. The number of hydrogen-bond acceptors (Lipinski definition) is 3. The Labute approximate surface area is 164 Å². The Morgan fingerprint density at radius 1 is 1.04 bits per heavy atom. The number of nitrogens with one attached hydrogen (secondary N) is 2. The molecule has 0 aliphatic heterocycles. The fourth-order valence-electron chi connectivity index (χ4n) is 2.88. The van der Waals surface area contributed by atoms with Gasteiger partial charge in [0.05, 0.1) is 6.04 Å². The molecule has 27 heavy (non-hydrogen) atoms. The molecular formula is C20H25F2N3OS. The van der Waals surface area contributed by atoms with Gasteiger partial charge in [0.2, 0.25) is 0 Å². The number of alkyl halides is 2. The molecule has 0 saturated carbocycles. The lowest BCUT2D eigenvalue weighted by Crippen LogP contribution is -2.39. The highest BCUT2D eigenvalue weighted by molar-refractivity contribution is 7.80. The van der Waals surface area contributed by atoms with Crippen LogP contribution in [-0.2, 0) is 0 Å². The van der Waals surface area contributed by atoms with E-state index in [0.29, 0.717) is 17.3 Å². The normalized spacial score (nSPS) is 12.1. The Morgan fingerprint density at radius 2 is 1.67 bits per heavy atom. The van der Waals surface area contributed by atoms with E-state index in [4.69, 9.17) is 12.2 Å². The van der Waals surface area contributed by atoms with Crippen molar-refractivity contribution in [3.8, 4) is 5.75 Å². The van der Waals surface area contributed by atoms with E-state index in [2.05, 4.69) is 46.3 Å². The van der Waals surface area contributed by atoms with E-state index in [1.165, 1.54) is 17.7 Å². The van der Waals surface area contributed by atoms with Crippen molar-refractivity contribution in [3.63, 3.8) is 0 Å². The standard InChI is InChI=1S/C20H25F2N3OS/c1-3-25(4-2)18(15-8-6-5-7-9-15)14-23-20(27)24-16-10-12-17(13-11-16)26-19(21)22/h5-13,18-19H,3-4,14H2,1-2H3,(H2,23,24,27)/t18-/m1/s1. The van der Waals surface area contributed by atoms with Crippen LogP contribution in [-0.4, -0.2) is 36.3 Å². The van der Waals surface area contributed by atoms with E-state index in [-0.39, 0.29) is 11.8 Å². The third-order valence-corrected chi connectivity index (χ3v) is 4.48. The van der Waals surface area contributed by atoms with E-state index in [1.54, 1.807) is 12.1 Å². The van der Waals surface area contributed by atoms with Gasteiger partial charge in [0.25, 0.3) is 0 Å². The van der Waals surface area contributed by atoms with Gasteiger partial charge >= 0.3 is 6.61 Å². The molecule has 0 fully saturated rings. The molecule has 0 unspecified atom stereocenters. The summed E-state index contributed by atoms with van der Waals surface area (Å²) in [6.45, 7) is 3.97. The second kappa shape index (κ2) is 10.8. The molecule has 0 radical (unpaired) electrons. The molecule has 2 aromatic carbocycles. The first kappa shape index (κ1) is 21.1. The Balaban J connectivity index is 1.95. The van der Waals surface area contributed by atoms with Crippen LogP contribution < -0.4 is 15.4 Å². The van der Waals surface area contributed by atoms with Gasteiger partial charge in [-0.25, -0.2) is 0 Å². The van der Waals surface area contributed by atoms with E-state index in [1.807, 2.05) is 18.2 Å². The Bertz CT molecular complexity index is 694. The predicted octanol–water partition coefficient (Wildman–Crippen LogP) is 4.66. The van der Waals surface area contributed by atoms with Gasteiger partial charge in [-0.1, -0.05) is 44.2 Å². The first-order chi connectivity index (χ1) is 13.0. The molecule has 2 aromatic rings. The van der Waals surface area contributed by atoms with Crippen LogP contribution in [0.15, 0.2) is 54.6 Å². The van der Waals surface area contributed by atoms with E-state index >= 15 is 0 Å². The van der Waals surface area contributed by atoms with Crippen LogP contribution in [0.3, 0.4) is 0 Å². The Kier molecular flexibility index (Phi) is 8.42. The highest BCUT2D eigenvalue weighted by atomic mass is 32.1. The van der Waals surface area contributed by atoms with Gasteiger partial charge in [-0.15, -0.1) is 0 Å². The average molecular weight is 394 g/mol. The van der Waals surface area contributed by atoms with Crippen molar-refractivity contribution in [1.82, 2.24) is 10.2 Å². The molecule has 7 heteroatoms. The summed E-state index contributed by atoms with van der Waals surface area (Å²) < 4.78 is 28.7. The van der Waals surface area contributed by atoms with Gasteiger partial charge < -0.3 is 15.4 Å². The summed E-state index contributed by atoms with van der Waals surface area (Å²) in [5.74, 6) is 0.111. The zero-order chi connectivity index (χ0) is 19.6. The summed E-state index contributed by atoms with van der Waals surface area (Å²) >= 11 is 5.37. The number of ether oxygens (including phenoxy) is 1. The topological polar surface area (TPSA) is 36.5 Å². The molecule has 0 spiro atoms. The SMILES string of the molecule is CCN(CC)[C@H](CNC(=S)Nc1ccc(OC(F)F)cc1)c1ccccc1. The molecule has 0 bridgehead atoms. The molecule has 2 rings (SSSR count). The number of benzene rings is 2. The number of anilines is 1. The summed E-state index contributed by atoms with van der Waals surface area (Å²) in [6, 6.07) is 16.7. The fourth-order valence-corrected chi connectivity index (χ4v) is 3.08. The fraction of sp³-hybridized carbons (Fsp3) is 0.350. The zero-order valence-corrected chi connectivity index (χ0v) is 16.3. The molecule has 146 valence electrons. The lowest BCUT2D eigenvalue weighted by atomic mass is 10.1. The zero-order valence-electron chi connectivity index (χ0n) is 15.5. The molecule has 0 aliphatic rings. The van der Waals surface area contributed by atoms with Crippen molar-refractivity contribution in [1.29, 1.82) is 0 Å². The van der Waals surface area contributed by atoms with Crippen molar-refractivity contribution >= 4 is 23.0 Å². The van der Waals surface area contributed by atoms with Crippen LogP contribution in [0.4, 0.5) is 14.5 Å². The predicted molar refractivity (Wildman–Crippen MR) is 109 cm³/mol. The van der Waals surface area contributed by atoms with Gasteiger partial charge in [-0.2, -0.15) is 8.78 Å². The molecule has 0 aliphatic carbocycles. The maximum Gasteiger partial charge on any atom is 0.387 e. The van der Waals surface area contributed by atoms with Crippen LogP contribution >= 0.6 is 12.2 Å². The lowest BCUT2D eigenvalue weighted by Gasteiger charge is -2.30. The number of rotatable bonds is 9. The maximum atomic E-state index is 12.2. The minimum atomic E-state index is -2.83. The summed E-state index contributed by atoms with van der Waals surface area (Å²) in [7, 11) is 0. The highest BCUT2D eigenvalue weighted by Gasteiger charge is 2.17.